The Kier molecular flexibility index (Phi) is 7.48. The van der Waals surface area contributed by atoms with Gasteiger partial charge < -0.3 is 15.1 Å². The normalized spacial score (nSPS) is 18.2. The van der Waals surface area contributed by atoms with Gasteiger partial charge in [0.2, 0.25) is 0 Å². The highest BCUT2D eigenvalue weighted by Gasteiger charge is 2.39. The largest absolute Gasteiger partial charge is 0.416 e. The predicted molar refractivity (Wildman–Crippen MR) is 141 cm³/mol. The zero-order chi connectivity index (χ0) is 29.5. The SMILES string of the molecule is CC1(O)CCN(C(=O)c2ccccc2-n2cnc(Cn3nc(-c4ccc(Cl)cc4)n(C[C@H](O)C(F)(F)F)c3=O)n2)C1. The number of aliphatic hydroxyl groups excluding tert-OH is 1. The fourth-order valence-corrected chi connectivity index (χ4v) is 4.69. The van der Waals surface area contributed by atoms with E-state index >= 15 is 0 Å². The molecule has 2 N–H and O–H groups in total. The number of aliphatic hydroxyl groups is 2. The van der Waals surface area contributed by atoms with Crippen molar-refractivity contribution in [1.82, 2.24) is 34.0 Å². The third-order valence-corrected chi connectivity index (χ3v) is 6.96. The van der Waals surface area contributed by atoms with E-state index in [0.29, 0.717) is 34.8 Å². The Balaban J connectivity index is 1.45. The van der Waals surface area contributed by atoms with E-state index in [0.717, 1.165) is 9.25 Å². The maximum absolute atomic E-state index is 13.2. The number of rotatable bonds is 7. The van der Waals surface area contributed by atoms with Crippen LogP contribution < -0.4 is 5.69 Å². The molecule has 41 heavy (non-hydrogen) atoms. The van der Waals surface area contributed by atoms with E-state index in [1.807, 2.05) is 0 Å². The molecular weight excluding hydrogens is 567 g/mol. The predicted octanol–water partition coefficient (Wildman–Crippen LogP) is 2.51. The van der Waals surface area contributed by atoms with E-state index in [-0.39, 0.29) is 30.6 Å². The highest BCUT2D eigenvalue weighted by atomic mass is 35.5. The van der Waals surface area contributed by atoms with Crippen LogP contribution in [0.25, 0.3) is 17.1 Å². The minimum atomic E-state index is -4.95. The van der Waals surface area contributed by atoms with Crippen molar-refractivity contribution in [1.29, 1.82) is 0 Å². The molecule has 0 saturated carbocycles. The summed E-state index contributed by atoms with van der Waals surface area (Å²) in [6.07, 6.45) is -5.95. The highest BCUT2D eigenvalue weighted by molar-refractivity contribution is 6.30. The van der Waals surface area contributed by atoms with E-state index < -0.39 is 30.1 Å². The molecule has 11 nitrogen and oxygen atoms in total. The van der Waals surface area contributed by atoms with Gasteiger partial charge in [0.25, 0.3) is 5.91 Å². The van der Waals surface area contributed by atoms with Gasteiger partial charge in [-0.1, -0.05) is 23.7 Å². The Labute approximate surface area is 236 Å². The summed E-state index contributed by atoms with van der Waals surface area (Å²) < 4.78 is 42.4. The van der Waals surface area contributed by atoms with Crippen LogP contribution in [0.15, 0.2) is 59.7 Å². The van der Waals surface area contributed by atoms with Crippen LogP contribution in [0.4, 0.5) is 13.2 Å². The lowest BCUT2D eigenvalue weighted by Crippen LogP contribution is -2.37. The molecule has 216 valence electrons. The van der Waals surface area contributed by atoms with Crippen molar-refractivity contribution >= 4 is 17.5 Å². The lowest BCUT2D eigenvalue weighted by atomic mass is 10.1. The Morgan fingerprint density at radius 3 is 2.51 bits per heavy atom. The second-order valence-corrected chi connectivity index (χ2v) is 10.5. The first kappa shape index (κ1) is 28.5. The van der Waals surface area contributed by atoms with Crippen molar-refractivity contribution < 1.29 is 28.2 Å². The first-order valence-electron chi connectivity index (χ1n) is 12.5. The van der Waals surface area contributed by atoms with Crippen molar-refractivity contribution in [3.05, 3.63) is 81.8 Å². The summed E-state index contributed by atoms with van der Waals surface area (Å²) in [7, 11) is 0. The molecule has 2 aromatic carbocycles. The molecule has 4 aromatic rings. The van der Waals surface area contributed by atoms with Crippen LogP contribution in [0.3, 0.4) is 0 Å². The first-order chi connectivity index (χ1) is 19.3. The number of nitrogens with zero attached hydrogens (tertiary/aromatic N) is 7. The van der Waals surface area contributed by atoms with E-state index in [2.05, 4.69) is 15.2 Å². The van der Waals surface area contributed by atoms with Gasteiger partial charge in [-0.15, -0.1) is 10.2 Å². The number of aromatic nitrogens is 6. The number of β-amino-alcohol motifs (C(OH)–C–C–N with tert-alkyl or cyclic N) is 1. The summed E-state index contributed by atoms with van der Waals surface area (Å²) in [5, 5.41) is 28.9. The van der Waals surface area contributed by atoms with Gasteiger partial charge in [0.1, 0.15) is 12.9 Å². The number of halogens is 4. The molecule has 1 saturated heterocycles. The number of alkyl halides is 3. The molecule has 1 fully saturated rings. The summed E-state index contributed by atoms with van der Waals surface area (Å²) in [6.45, 7) is 0.885. The van der Waals surface area contributed by atoms with Gasteiger partial charge >= 0.3 is 11.9 Å². The third kappa shape index (κ3) is 6.04. The standard InChI is InChI=1S/C26H25ClF3N7O4/c1-25(41)10-11-34(14-25)23(39)18-4-2-3-5-19(18)37-15-31-21(32-37)13-36-24(40)35(12-20(38)26(28,29)30)22(33-36)16-6-8-17(27)9-7-16/h2-9,15,20,38,41H,10-14H2,1H3/t20-,25?/m0/s1. The molecule has 1 unspecified atom stereocenters. The molecule has 0 spiro atoms. The number of carbonyl (C=O) groups excluding carboxylic acids is 1. The number of hydrogen-bond donors (Lipinski definition) is 2. The smallest absolute Gasteiger partial charge is 0.388 e. The lowest BCUT2D eigenvalue weighted by molar-refractivity contribution is -0.207. The molecule has 1 aliphatic rings. The number of hydrogen-bond acceptors (Lipinski definition) is 7. The Bertz CT molecular complexity index is 1630. The van der Waals surface area contributed by atoms with E-state index in [4.69, 9.17) is 11.6 Å². The number of amides is 1. The molecular formula is C26H25ClF3N7O4. The molecule has 15 heteroatoms. The van der Waals surface area contributed by atoms with E-state index in [1.165, 1.54) is 35.3 Å². The van der Waals surface area contributed by atoms with Gasteiger partial charge in [-0.05, 0) is 49.7 Å². The topological polar surface area (TPSA) is 131 Å². The van der Waals surface area contributed by atoms with Crippen molar-refractivity contribution in [2.45, 2.75) is 44.3 Å². The van der Waals surface area contributed by atoms with Crippen molar-refractivity contribution in [2.24, 2.45) is 0 Å². The monoisotopic (exact) mass is 591 g/mol. The Morgan fingerprint density at radius 1 is 1.15 bits per heavy atom. The lowest BCUT2D eigenvalue weighted by Gasteiger charge is -2.20. The molecule has 3 heterocycles. The van der Waals surface area contributed by atoms with Gasteiger partial charge in [-0.25, -0.2) is 19.1 Å². The summed E-state index contributed by atoms with van der Waals surface area (Å²) in [5.74, 6) is -0.296. The Morgan fingerprint density at radius 2 is 1.85 bits per heavy atom. The average Bonchev–Trinajstić information content (AvgIpc) is 3.62. The highest BCUT2D eigenvalue weighted by Crippen LogP contribution is 2.26. The molecule has 0 aliphatic carbocycles. The molecule has 0 bridgehead atoms. The second kappa shape index (κ2) is 10.8. The Hall–Kier alpha value is -4.01. The van der Waals surface area contributed by atoms with Crippen molar-refractivity contribution in [2.75, 3.05) is 13.1 Å². The minimum absolute atomic E-state index is 0.0992. The first-order valence-corrected chi connectivity index (χ1v) is 12.9. The molecule has 2 atom stereocenters. The van der Waals surface area contributed by atoms with Crippen LogP contribution in [0.5, 0.6) is 0 Å². The molecule has 1 amide bonds. The van der Waals surface area contributed by atoms with Crippen LogP contribution >= 0.6 is 11.6 Å². The van der Waals surface area contributed by atoms with E-state index in [9.17, 15) is 33.0 Å². The molecule has 0 radical (unpaired) electrons. The van der Waals surface area contributed by atoms with Crippen LogP contribution in [0.2, 0.25) is 5.02 Å². The average molecular weight is 592 g/mol. The summed E-state index contributed by atoms with van der Waals surface area (Å²) in [4.78, 5) is 32.1. The van der Waals surface area contributed by atoms with Gasteiger partial charge in [0.05, 0.1) is 23.4 Å². The zero-order valence-electron chi connectivity index (χ0n) is 21.7. The molecule has 1 aliphatic heterocycles. The zero-order valence-corrected chi connectivity index (χ0v) is 22.4. The number of carbonyl (C=O) groups is 1. The van der Waals surface area contributed by atoms with Gasteiger partial charge in [-0.3, -0.25) is 9.36 Å². The van der Waals surface area contributed by atoms with Crippen LogP contribution in [0.1, 0.15) is 29.5 Å². The number of para-hydroxylation sites is 1. The summed E-state index contributed by atoms with van der Waals surface area (Å²) in [5.41, 5.74) is -0.828. The van der Waals surface area contributed by atoms with Crippen LogP contribution in [-0.2, 0) is 13.1 Å². The summed E-state index contributed by atoms with van der Waals surface area (Å²) in [6, 6.07) is 12.7. The molecule has 5 rings (SSSR count). The van der Waals surface area contributed by atoms with Crippen molar-refractivity contribution in [3.8, 4) is 17.1 Å². The molecule has 2 aromatic heterocycles. The van der Waals surface area contributed by atoms with E-state index in [1.54, 1.807) is 36.1 Å². The van der Waals surface area contributed by atoms with Gasteiger partial charge in [0.15, 0.2) is 17.8 Å². The van der Waals surface area contributed by atoms with Crippen molar-refractivity contribution in [3.63, 3.8) is 0 Å². The fourth-order valence-electron chi connectivity index (χ4n) is 4.56. The maximum Gasteiger partial charge on any atom is 0.416 e. The maximum atomic E-state index is 13.2. The minimum Gasteiger partial charge on any atom is -0.388 e. The van der Waals surface area contributed by atoms with Crippen LogP contribution in [0, 0.1) is 0 Å². The number of benzene rings is 2. The number of likely N-dealkylation sites (tertiary alicyclic amines) is 1. The summed E-state index contributed by atoms with van der Waals surface area (Å²) >= 11 is 5.92. The fraction of sp³-hybridized carbons (Fsp3) is 0.346. The van der Waals surface area contributed by atoms with Gasteiger partial charge in [-0.2, -0.15) is 13.2 Å². The second-order valence-electron chi connectivity index (χ2n) is 10.0. The van der Waals surface area contributed by atoms with Gasteiger partial charge in [0, 0.05) is 23.7 Å². The quantitative estimate of drug-likeness (QED) is 0.338. The third-order valence-electron chi connectivity index (χ3n) is 6.71. The van der Waals surface area contributed by atoms with Crippen LogP contribution in [-0.4, -0.2) is 81.1 Å².